The SMILES string of the molecule is CCC12c3ccccc3C(CC)(c3c(C)cccc31)N2C. The molecule has 0 fully saturated rings. The number of benzene rings is 2. The molecular formula is C20H23N. The number of aryl methyl sites for hydroxylation is 1. The molecule has 0 N–H and O–H groups in total. The number of nitrogens with zero attached hydrogens (tertiary/aromatic N) is 1. The van der Waals surface area contributed by atoms with Crippen LogP contribution >= 0.6 is 0 Å². The molecule has 21 heavy (non-hydrogen) atoms. The summed E-state index contributed by atoms with van der Waals surface area (Å²) in [5.41, 5.74) is 7.71. The van der Waals surface area contributed by atoms with Gasteiger partial charge in [-0.15, -0.1) is 0 Å². The lowest BCUT2D eigenvalue weighted by molar-refractivity contribution is 0.103. The van der Waals surface area contributed by atoms with Crippen molar-refractivity contribution in [2.24, 2.45) is 0 Å². The first-order valence-corrected chi connectivity index (χ1v) is 8.09. The quantitative estimate of drug-likeness (QED) is 0.777. The molecule has 0 amide bonds. The van der Waals surface area contributed by atoms with Crippen LogP contribution in [0.4, 0.5) is 0 Å². The van der Waals surface area contributed by atoms with Crippen molar-refractivity contribution in [3.8, 4) is 0 Å². The van der Waals surface area contributed by atoms with E-state index in [0.29, 0.717) is 0 Å². The molecule has 4 rings (SSSR count). The van der Waals surface area contributed by atoms with Gasteiger partial charge in [-0.05, 0) is 54.6 Å². The summed E-state index contributed by atoms with van der Waals surface area (Å²) in [4.78, 5) is 2.66. The number of hydrogen-bond donors (Lipinski definition) is 0. The van der Waals surface area contributed by atoms with E-state index >= 15 is 0 Å². The fraction of sp³-hybridized carbons (Fsp3) is 0.400. The van der Waals surface area contributed by atoms with Gasteiger partial charge in [0.05, 0.1) is 11.1 Å². The van der Waals surface area contributed by atoms with E-state index in [1.165, 1.54) is 22.3 Å². The molecule has 0 saturated heterocycles. The molecule has 0 aromatic heterocycles. The second kappa shape index (κ2) is 3.98. The molecule has 0 spiro atoms. The second-order valence-electron chi connectivity index (χ2n) is 6.53. The Morgan fingerprint density at radius 1 is 0.810 bits per heavy atom. The van der Waals surface area contributed by atoms with Crippen molar-refractivity contribution in [3.63, 3.8) is 0 Å². The van der Waals surface area contributed by atoms with Crippen LogP contribution in [0.15, 0.2) is 42.5 Å². The van der Waals surface area contributed by atoms with Gasteiger partial charge >= 0.3 is 0 Å². The first-order chi connectivity index (χ1) is 10.1. The maximum Gasteiger partial charge on any atom is 0.0729 e. The van der Waals surface area contributed by atoms with Gasteiger partial charge < -0.3 is 0 Å². The van der Waals surface area contributed by atoms with Crippen LogP contribution in [0.2, 0.25) is 0 Å². The van der Waals surface area contributed by atoms with Crippen LogP contribution in [0.25, 0.3) is 0 Å². The third kappa shape index (κ3) is 1.16. The van der Waals surface area contributed by atoms with E-state index in [0.717, 1.165) is 12.8 Å². The van der Waals surface area contributed by atoms with Crippen molar-refractivity contribution < 1.29 is 0 Å². The summed E-state index contributed by atoms with van der Waals surface area (Å²) < 4.78 is 0. The number of fused-ring (bicyclic) bond motifs is 8. The van der Waals surface area contributed by atoms with E-state index in [2.05, 4.69) is 75.2 Å². The largest absolute Gasteiger partial charge is 0.279 e. The lowest BCUT2D eigenvalue weighted by Gasteiger charge is -2.36. The fourth-order valence-electron chi connectivity index (χ4n) is 5.30. The van der Waals surface area contributed by atoms with Crippen molar-refractivity contribution in [1.82, 2.24) is 4.90 Å². The molecule has 2 aromatic carbocycles. The zero-order chi connectivity index (χ0) is 14.8. The molecule has 1 heteroatoms. The van der Waals surface area contributed by atoms with Crippen LogP contribution in [0.5, 0.6) is 0 Å². The summed E-state index contributed by atoms with van der Waals surface area (Å²) in [6.45, 7) is 6.94. The van der Waals surface area contributed by atoms with Crippen molar-refractivity contribution in [2.75, 3.05) is 7.05 Å². The molecule has 108 valence electrons. The standard InChI is InChI=1S/C20H23N/c1-5-19-15-11-7-8-12-16(15)20(6-2,21(19)4)18-14(3)10-9-13-17(18)19/h7-13H,5-6H2,1-4H3. The third-order valence-corrected chi connectivity index (χ3v) is 6.12. The van der Waals surface area contributed by atoms with Crippen LogP contribution in [0.3, 0.4) is 0 Å². The predicted octanol–water partition coefficient (Wildman–Crippen LogP) is 4.56. The molecule has 2 bridgehead atoms. The number of hydrogen-bond acceptors (Lipinski definition) is 1. The van der Waals surface area contributed by atoms with Gasteiger partial charge in [0.25, 0.3) is 0 Å². The van der Waals surface area contributed by atoms with Crippen LogP contribution < -0.4 is 0 Å². The van der Waals surface area contributed by atoms with Crippen LogP contribution in [0, 0.1) is 6.92 Å². The molecule has 1 nitrogen and oxygen atoms in total. The lowest BCUT2D eigenvalue weighted by atomic mass is 9.69. The zero-order valence-corrected chi connectivity index (χ0v) is 13.4. The van der Waals surface area contributed by atoms with Crippen LogP contribution in [-0.2, 0) is 11.1 Å². The molecule has 2 heterocycles. The van der Waals surface area contributed by atoms with E-state index in [9.17, 15) is 0 Å². The molecule has 2 aliphatic rings. The normalized spacial score (nSPS) is 29.5. The maximum atomic E-state index is 2.66. The highest BCUT2D eigenvalue weighted by Gasteiger charge is 2.63. The molecule has 0 aliphatic carbocycles. The Kier molecular flexibility index (Phi) is 2.48. The highest BCUT2D eigenvalue weighted by molar-refractivity contribution is 5.66. The van der Waals surface area contributed by atoms with Gasteiger partial charge in [-0.1, -0.05) is 56.3 Å². The van der Waals surface area contributed by atoms with Crippen molar-refractivity contribution in [2.45, 2.75) is 44.7 Å². The summed E-state index contributed by atoms with van der Waals surface area (Å²) in [6, 6.07) is 16.0. The molecule has 2 aromatic rings. The van der Waals surface area contributed by atoms with Crippen molar-refractivity contribution >= 4 is 0 Å². The second-order valence-corrected chi connectivity index (χ2v) is 6.53. The Morgan fingerprint density at radius 3 is 2.00 bits per heavy atom. The molecule has 2 aliphatic heterocycles. The molecule has 2 unspecified atom stereocenters. The average Bonchev–Trinajstić information content (AvgIpc) is 2.88. The highest BCUT2D eigenvalue weighted by Crippen LogP contribution is 2.65. The minimum atomic E-state index is 0.0628. The predicted molar refractivity (Wildman–Crippen MR) is 87.5 cm³/mol. The topological polar surface area (TPSA) is 3.24 Å². The van der Waals surface area contributed by atoms with Gasteiger partial charge in [-0.25, -0.2) is 0 Å². The Labute approximate surface area is 127 Å². The smallest absolute Gasteiger partial charge is 0.0729 e. The first-order valence-electron chi connectivity index (χ1n) is 8.09. The third-order valence-electron chi connectivity index (χ3n) is 6.12. The summed E-state index contributed by atoms with van der Waals surface area (Å²) in [6.07, 6.45) is 2.25. The minimum absolute atomic E-state index is 0.0628. The van der Waals surface area contributed by atoms with Gasteiger partial charge in [-0.2, -0.15) is 0 Å². The van der Waals surface area contributed by atoms with Gasteiger partial charge in [0.15, 0.2) is 0 Å². The molecule has 0 saturated carbocycles. The Balaban J connectivity index is 2.20. The van der Waals surface area contributed by atoms with Gasteiger partial charge in [0.2, 0.25) is 0 Å². The van der Waals surface area contributed by atoms with Crippen LogP contribution in [-0.4, -0.2) is 11.9 Å². The van der Waals surface area contributed by atoms with E-state index < -0.39 is 0 Å². The van der Waals surface area contributed by atoms with Gasteiger partial charge in [0.1, 0.15) is 0 Å². The molecule has 0 radical (unpaired) electrons. The highest BCUT2D eigenvalue weighted by atomic mass is 15.3. The van der Waals surface area contributed by atoms with E-state index in [4.69, 9.17) is 0 Å². The Hall–Kier alpha value is -1.60. The van der Waals surface area contributed by atoms with Gasteiger partial charge in [0, 0.05) is 0 Å². The molecular weight excluding hydrogens is 254 g/mol. The van der Waals surface area contributed by atoms with E-state index in [-0.39, 0.29) is 11.1 Å². The van der Waals surface area contributed by atoms with Crippen molar-refractivity contribution in [3.05, 3.63) is 70.3 Å². The Morgan fingerprint density at radius 2 is 1.38 bits per heavy atom. The zero-order valence-electron chi connectivity index (χ0n) is 13.4. The molecule has 2 atom stereocenters. The fourth-order valence-corrected chi connectivity index (χ4v) is 5.30. The monoisotopic (exact) mass is 277 g/mol. The summed E-state index contributed by atoms with van der Waals surface area (Å²) >= 11 is 0. The van der Waals surface area contributed by atoms with Crippen molar-refractivity contribution in [1.29, 1.82) is 0 Å². The maximum absolute atomic E-state index is 2.66. The lowest BCUT2D eigenvalue weighted by Crippen LogP contribution is -2.42. The van der Waals surface area contributed by atoms with E-state index in [1.807, 2.05) is 0 Å². The van der Waals surface area contributed by atoms with Crippen LogP contribution in [0.1, 0.15) is 54.5 Å². The average molecular weight is 277 g/mol. The Bertz CT molecular complexity index is 732. The summed E-state index contributed by atoms with van der Waals surface area (Å²) in [5, 5.41) is 0. The summed E-state index contributed by atoms with van der Waals surface area (Å²) in [5.74, 6) is 0. The summed E-state index contributed by atoms with van der Waals surface area (Å²) in [7, 11) is 2.33. The first kappa shape index (κ1) is 13.1. The number of rotatable bonds is 2. The van der Waals surface area contributed by atoms with Gasteiger partial charge in [-0.3, -0.25) is 4.90 Å². The minimum Gasteiger partial charge on any atom is -0.279 e. The van der Waals surface area contributed by atoms with E-state index in [1.54, 1.807) is 5.56 Å².